The molecule has 0 spiro atoms. The van der Waals surface area contributed by atoms with Crippen LogP contribution < -0.4 is 16.6 Å². The molecule has 7 nitrogen and oxygen atoms in total. The fourth-order valence-electron chi connectivity index (χ4n) is 2.63. The van der Waals surface area contributed by atoms with Gasteiger partial charge in [-0.15, -0.1) is 11.3 Å². The summed E-state index contributed by atoms with van der Waals surface area (Å²) in [6.45, 7) is 4.21. The highest BCUT2D eigenvalue weighted by atomic mass is 32.2. The van der Waals surface area contributed by atoms with Crippen molar-refractivity contribution in [3.8, 4) is 0 Å². The van der Waals surface area contributed by atoms with Crippen LogP contribution in [0.25, 0.3) is 10.2 Å². The highest BCUT2D eigenvalue weighted by molar-refractivity contribution is 7.99. The van der Waals surface area contributed by atoms with Crippen LogP contribution in [0.5, 0.6) is 0 Å². The van der Waals surface area contributed by atoms with E-state index in [0.29, 0.717) is 21.9 Å². The number of nitrogens with two attached hydrogens (primary N) is 1. The van der Waals surface area contributed by atoms with Crippen LogP contribution in [-0.2, 0) is 11.3 Å². The summed E-state index contributed by atoms with van der Waals surface area (Å²) in [5.41, 5.74) is 6.71. The van der Waals surface area contributed by atoms with Crippen molar-refractivity contribution in [1.29, 1.82) is 0 Å². The molecule has 0 bridgehead atoms. The molecule has 3 rings (SSSR count). The average Bonchev–Trinajstić information content (AvgIpc) is 2.90. The van der Waals surface area contributed by atoms with Gasteiger partial charge >= 0.3 is 6.03 Å². The van der Waals surface area contributed by atoms with E-state index in [0.717, 1.165) is 27.8 Å². The number of imide groups is 1. The molecule has 0 aliphatic heterocycles. The van der Waals surface area contributed by atoms with Gasteiger partial charge in [0.2, 0.25) is 5.91 Å². The first-order valence-electron chi connectivity index (χ1n) is 8.13. The molecular formula is C18H18N4O3S2. The zero-order valence-electron chi connectivity index (χ0n) is 14.8. The van der Waals surface area contributed by atoms with Crippen molar-refractivity contribution in [3.63, 3.8) is 0 Å². The van der Waals surface area contributed by atoms with Gasteiger partial charge in [0.1, 0.15) is 4.83 Å². The molecule has 3 aromatic rings. The molecule has 0 fully saturated rings. The fourth-order valence-corrected chi connectivity index (χ4v) is 4.50. The summed E-state index contributed by atoms with van der Waals surface area (Å²) in [4.78, 5) is 42.0. The number of rotatable bonds is 5. The maximum atomic E-state index is 13.2. The summed E-state index contributed by atoms with van der Waals surface area (Å²) in [5.74, 6) is -0.606. The van der Waals surface area contributed by atoms with Crippen LogP contribution in [0.4, 0.5) is 4.79 Å². The Morgan fingerprint density at radius 2 is 1.96 bits per heavy atom. The molecule has 27 heavy (non-hydrogen) atoms. The Morgan fingerprint density at radius 3 is 2.63 bits per heavy atom. The molecule has 0 aliphatic rings. The summed E-state index contributed by atoms with van der Waals surface area (Å²) in [6.07, 6.45) is 0. The zero-order chi connectivity index (χ0) is 19.6. The Labute approximate surface area is 163 Å². The molecule has 2 aromatic heterocycles. The molecule has 0 saturated carbocycles. The highest BCUT2D eigenvalue weighted by Crippen LogP contribution is 2.28. The van der Waals surface area contributed by atoms with Crippen molar-refractivity contribution in [2.45, 2.75) is 25.5 Å². The van der Waals surface area contributed by atoms with E-state index in [1.54, 1.807) is 4.57 Å². The van der Waals surface area contributed by atoms with Crippen LogP contribution in [0, 0.1) is 13.8 Å². The molecule has 0 unspecified atom stereocenters. The predicted molar refractivity (Wildman–Crippen MR) is 107 cm³/mol. The number of thioether (sulfide) groups is 1. The first kappa shape index (κ1) is 19.1. The maximum absolute atomic E-state index is 13.2. The minimum Gasteiger partial charge on any atom is -0.351 e. The van der Waals surface area contributed by atoms with Crippen LogP contribution in [0.15, 0.2) is 40.3 Å². The Morgan fingerprint density at radius 1 is 1.26 bits per heavy atom. The molecule has 140 valence electrons. The number of carbonyl (C=O) groups is 2. The minimum absolute atomic E-state index is 0.0704. The lowest BCUT2D eigenvalue weighted by Crippen LogP contribution is -2.36. The lowest BCUT2D eigenvalue weighted by atomic mass is 10.2. The number of carbonyl (C=O) groups excluding carboxylic acids is 2. The second-order valence-corrected chi connectivity index (χ2v) is 8.08. The van der Waals surface area contributed by atoms with Crippen molar-refractivity contribution in [1.82, 2.24) is 14.9 Å². The number of nitrogens with zero attached hydrogens (tertiary/aromatic N) is 2. The molecular weight excluding hydrogens is 384 g/mol. The summed E-state index contributed by atoms with van der Waals surface area (Å²) in [5, 5.41) is 3.05. The summed E-state index contributed by atoms with van der Waals surface area (Å²) < 4.78 is 1.57. The lowest BCUT2D eigenvalue weighted by molar-refractivity contribution is -0.117. The van der Waals surface area contributed by atoms with E-state index < -0.39 is 11.9 Å². The monoisotopic (exact) mass is 402 g/mol. The van der Waals surface area contributed by atoms with Gasteiger partial charge in [-0.1, -0.05) is 42.1 Å². The first-order valence-corrected chi connectivity index (χ1v) is 9.93. The number of thiophene rings is 1. The quantitative estimate of drug-likeness (QED) is 0.503. The largest absolute Gasteiger partial charge is 0.351 e. The van der Waals surface area contributed by atoms with Gasteiger partial charge in [0.25, 0.3) is 5.56 Å². The number of primary amides is 1. The van der Waals surface area contributed by atoms with Crippen LogP contribution in [0.3, 0.4) is 0 Å². The molecule has 0 radical (unpaired) electrons. The van der Waals surface area contributed by atoms with Crippen molar-refractivity contribution in [2.75, 3.05) is 5.75 Å². The van der Waals surface area contributed by atoms with Gasteiger partial charge < -0.3 is 5.73 Å². The second-order valence-electron chi connectivity index (χ2n) is 5.94. The summed E-state index contributed by atoms with van der Waals surface area (Å²) in [7, 11) is 0. The van der Waals surface area contributed by atoms with Crippen LogP contribution in [0.2, 0.25) is 0 Å². The van der Waals surface area contributed by atoms with Gasteiger partial charge in [-0.25, -0.2) is 9.78 Å². The number of amides is 3. The fraction of sp³-hybridized carbons (Fsp3) is 0.222. The summed E-state index contributed by atoms with van der Waals surface area (Å²) in [6, 6.07) is 8.66. The Bertz CT molecular complexity index is 1070. The Hall–Kier alpha value is -2.65. The molecule has 3 N–H and O–H groups in total. The van der Waals surface area contributed by atoms with Crippen molar-refractivity contribution in [3.05, 3.63) is 56.7 Å². The number of aromatic nitrogens is 2. The van der Waals surface area contributed by atoms with Gasteiger partial charge in [0, 0.05) is 4.88 Å². The average molecular weight is 403 g/mol. The minimum atomic E-state index is -0.907. The van der Waals surface area contributed by atoms with Gasteiger partial charge in [-0.05, 0) is 25.0 Å². The summed E-state index contributed by atoms with van der Waals surface area (Å²) >= 11 is 2.55. The second kappa shape index (κ2) is 7.93. The van der Waals surface area contributed by atoms with E-state index in [1.807, 2.05) is 49.5 Å². The van der Waals surface area contributed by atoms with E-state index in [-0.39, 0.29) is 11.3 Å². The zero-order valence-corrected chi connectivity index (χ0v) is 16.4. The smallest absolute Gasteiger partial charge is 0.318 e. The Kier molecular flexibility index (Phi) is 5.62. The van der Waals surface area contributed by atoms with E-state index in [9.17, 15) is 14.4 Å². The van der Waals surface area contributed by atoms with E-state index in [1.165, 1.54) is 11.3 Å². The van der Waals surface area contributed by atoms with Gasteiger partial charge in [0.15, 0.2) is 5.16 Å². The van der Waals surface area contributed by atoms with Gasteiger partial charge in [-0.3, -0.25) is 19.5 Å². The number of urea groups is 1. The SMILES string of the molecule is Cc1sc2nc(SCC(=O)NC(N)=O)n(Cc3ccccc3)c(=O)c2c1C. The third kappa shape index (κ3) is 4.20. The molecule has 0 atom stereocenters. The van der Waals surface area contributed by atoms with Crippen molar-refractivity contribution < 1.29 is 9.59 Å². The number of hydrogen-bond donors (Lipinski definition) is 2. The predicted octanol–water partition coefficient (Wildman–Crippen LogP) is 2.41. The number of fused-ring (bicyclic) bond motifs is 1. The first-order chi connectivity index (χ1) is 12.9. The number of benzene rings is 1. The standard InChI is InChI=1S/C18H18N4O3S2/c1-10-11(2)27-15-14(10)16(24)22(8-12-6-4-3-5-7-12)18(21-15)26-9-13(23)20-17(19)25/h3-7H,8-9H2,1-2H3,(H3,19,20,23,25). The molecule has 3 amide bonds. The number of nitrogens with one attached hydrogen (secondary N) is 1. The molecule has 1 aromatic carbocycles. The molecule has 2 heterocycles. The normalized spacial score (nSPS) is 10.9. The number of aryl methyl sites for hydroxylation is 2. The molecule has 0 saturated heterocycles. The van der Waals surface area contributed by atoms with Crippen LogP contribution in [0.1, 0.15) is 16.0 Å². The lowest BCUT2D eigenvalue weighted by Gasteiger charge is -2.12. The Balaban J connectivity index is 2.04. The third-order valence-electron chi connectivity index (χ3n) is 4.03. The van der Waals surface area contributed by atoms with Crippen molar-refractivity contribution >= 4 is 45.3 Å². The molecule has 9 heteroatoms. The van der Waals surface area contributed by atoms with Crippen LogP contribution >= 0.6 is 23.1 Å². The van der Waals surface area contributed by atoms with E-state index >= 15 is 0 Å². The van der Waals surface area contributed by atoms with Crippen molar-refractivity contribution in [2.24, 2.45) is 5.73 Å². The topological polar surface area (TPSA) is 107 Å². The van der Waals surface area contributed by atoms with Gasteiger partial charge in [0.05, 0.1) is 17.7 Å². The maximum Gasteiger partial charge on any atom is 0.318 e. The van der Waals surface area contributed by atoms with E-state index in [4.69, 9.17) is 5.73 Å². The third-order valence-corrected chi connectivity index (χ3v) is 6.11. The van der Waals surface area contributed by atoms with Gasteiger partial charge in [-0.2, -0.15) is 0 Å². The molecule has 0 aliphatic carbocycles. The number of hydrogen-bond acceptors (Lipinski definition) is 6. The van der Waals surface area contributed by atoms with E-state index in [2.05, 4.69) is 4.98 Å². The van der Waals surface area contributed by atoms with Crippen LogP contribution in [-0.4, -0.2) is 27.2 Å². The highest BCUT2D eigenvalue weighted by Gasteiger charge is 2.18.